The lowest BCUT2D eigenvalue weighted by atomic mass is 10.1. The Morgan fingerprint density at radius 3 is 2.68 bits per heavy atom. The van der Waals surface area contributed by atoms with E-state index in [0.29, 0.717) is 6.54 Å². The smallest absolute Gasteiger partial charge is 0.123 e. The summed E-state index contributed by atoms with van der Waals surface area (Å²) in [5, 5.41) is 3.61. The number of benzene rings is 2. The molecular weight excluding hydrogens is 252 g/mol. The Morgan fingerprint density at radius 2 is 1.89 bits per heavy atom. The van der Waals surface area contributed by atoms with E-state index in [9.17, 15) is 0 Å². The maximum atomic E-state index is 5.62. The average Bonchev–Trinajstić information content (AvgIpc) is 2.80. The van der Waals surface area contributed by atoms with Gasteiger partial charge in [0.25, 0.3) is 0 Å². The third kappa shape index (κ3) is 2.39. The molecule has 0 fully saturated rings. The number of rotatable bonds is 3. The lowest BCUT2D eigenvalue weighted by Crippen LogP contribution is -2.03. The first-order chi connectivity index (χ1) is 9.28. The molecule has 19 heavy (non-hydrogen) atoms. The molecule has 96 valence electrons. The largest absolute Gasteiger partial charge is 0.330 e. The molecule has 0 radical (unpaired) electrons. The SMILES string of the molecule is Cc1sc(-c2ccc3ccccc3c2)nc1CCN. The van der Waals surface area contributed by atoms with Crippen molar-refractivity contribution in [2.45, 2.75) is 13.3 Å². The molecule has 1 heterocycles. The van der Waals surface area contributed by atoms with Gasteiger partial charge in [0.1, 0.15) is 5.01 Å². The van der Waals surface area contributed by atoms with Gasteiger partial charge in [-0.1, -0.05) is 36.4 Å². The summed E-state index contributed by atoms with van der Waals surface area (Å²) in [6, 6.07) is 14.9. The van der Waals surface area contributed by atoms with Crippen LogP contribution >= 0.6 is 11.3 Å². The molecule has 3 rings (SSSR count). The second-order valence-corrected chi connectivity index (χ2v) is 5.83. The molecule has 0 bridgehead atoms. The van der Waals surface area contributed by atoms with Crippen LogP contribution in [0.25, 0.3) is 21.3 Å². The van der Waals surface area contributed by atoms with E-state index < -0.39 is 0 Å². The fourth-order valence-corrected chi connectivity index (χ4v) is 3.20. The second-order valence-electron chi connectivity index (χ2n) is 4.62. The zero-order valence-corrected chi connectivity index (χ0v) is 11.7. The molecule has 0 saturated carbocycles. The number of fused-ring (bicyclic) bond motifs is 1. The minimum absolute atomic E-state index is 0.654. The fraction of sp³-hybridized carbons (Fsp3) is 0.188. The first-order valence-electron chi connectivity index (χ1n) is 6.43. The summed E-state index contributed by atoms with van der Waals surface area (Å²) in [5.74, 6) is 0. The van der Waals surface area contributed by atoms with Crippen molar-refractivity contribution < 1.29 is 0 Å². The van der Waals surface area contributed by atoms with Crippen molar-refractivity contribution in [2.75, 3.05) is 6.54 Å². The Hall–Kier alpha value is -1.71. The summed E-state index contributed by atoms with van der Waals surface area (Å²) >= 11 is 1.75. The average molecular weight is 268 g/mol. The van der Waals surface area contributed by atoms with Gasteiger partial charge in [-0.3, -0.25) is 0 Å². The highest BCUT2D eigenvalue weighted by Gasteiger charge is 2.09. The van der Waals surface area contributed by atoms with Gasteiger partial charge in [0, 0.05) is 16.9 Å². The molecule has 2 N–H and O–H groups in total. The van der Waals surface area contributed by atoms with E-state index in [-0.39, 0.29) is 0 Å². The van der Waals surface area contributed by atoms with E-state index in [1.807, 2.05) is 0 Å². The van der Waals surface area contributed by atoms with Gasteiger partial charge in [-0.2, -0.15) is 0 Å². The van der Waals surface area contributed by atoms with Crippen LogP contribution in [0.5, 0.6) is 0 Å². The Balaban J connectivity index is 2.06. The predicted octanol–water partition coefficient (Wildman–Crippen LogP) is 3.77. The minimum Gasteiger partial charge on any atom is -0.330 e. The van der Waals surface area contributed by atoms with E-state index >= 15 is 0 Å². The molecule has 2 nitrogen and oxygen atoms in total. The number of hydrogen-bond donors (Lipinski definition) is 1. The molecule has 0 aliphatic rings. The van der Waals surface area contributed by atoms with Crippen molar-refractivity contribution in [2.24, 2.45) is 5.73 Å². The quantitative estimate of drug-likeness (QED) is 0.785. The van der Waals surface area contributed by atoms with Crippen LogP contribution < -0.4 is 5.73 Å². The number of nitrogens with zero attached hydrogens (tertiary/aromatic N) is 1. The number of thiazole rings is 1. The van der Waals surface area contributed by atoms with Gasteiger partial charge < -0.3 is 5.73 Å². The third-order valence-electron chi connectivity index (χ3n) is 3.27. The third-order valence-corrected chi connectivity index (χ3v) is 4.33. The summed E-state index contributed by atoms with van der Waals surface area (Å²) in [5.41, 5.74) is 7.94. The van der Waals surface area contributed by atoms with Crippen LogP contribution in [0.3, 0.4) is 0 Å². The van der Waals surface area contributed by atoms with Crippen LogP contribution in [0.15, 0.2) is 42.5 Å². The molecule has 0 spiro atoms. The molecule has 0 aliphatic carbocycles. The van der Waals surface area contributed by atoms with Crippen molar-refractivity contribution in [1.82, 2.24) is 4.98 Å². The zero-order chi connectivity index (χ0) is 13.2. The van der Waals surface area contributed by atoms with Crippen LogP contribution in [0.4, 0.5) is 0 Å². The van der Waals surface area contributed by atoms with Gasteiger partial charge in [0.05, 0.1) is 5.69 Å². The van der Waals surface area contributed by atoms with Gasteiger partial charge in [0.2, 0.25) is 0 Å². The van der Waals surface area contributed by atoms with E-state index in [2.05, 4.69) is 49.4 Å². The van der Waals surface area contributed by atoms with Crippen LogP contribution in [0.2, 0.25) is 0 Å². The van der Waals surface area contributed by atoms with Gasteiger partial charge in [-0.05, 0) is 30.3 Å². The maximum Gasteiger partial charge on any atom is 0.123 e. The predicted molar refractivity (Wildman–Crippen MR) is 82.6 cm³/mol. The molecule has 0 saturated heterocycles. The molecule has 0 atom stereocenters. The molecule has 3 heteroatoms. The monoisotopic (exact) mass is 268 g/mol. The normalized spacial score (nSPS) is 11.1. The lowest BCUT2D eigenvalue weighted by Gasteiger charge is -2.00. The molecule has 0 aliphatic heterocycles. The van der Waals surface area contributed by atoms with E-state index in [0.717, 1.165) is 17.1 Å². The van der Waals surface area contributed by atoms with Gasteiger partial charge >= 0.3 is 0 Å². The van der Waals surface area contributed by atoms with Crippen molar-refractivity contribution in [3.05, 3.63) is 53.0 Å². The number of aryl methyl sites for hydroxylation is 1. The molecule has 2 aromatic carbocycles. The summed E-state index contributed by atoms with van der Waals surface area (Å²) in [6.45, 7) is 2.77. The lowest BCUT2D eigenvalue weighted by molar-refractivity contribution is 0.927. The van der Waals surface area contributed by atoms with Crippen molar-refractivity contribution in [3.8, 4) is 10.6 Å². The van der Waals surface area contributed by atoms with E-state index in [1.54, 1.807) is 11.3 Å². The van der Waals surface area contributed by atoms with Crippen molar-refractivity contribution >= 4 is 22.1 Å². The van der Waals surface area contributed by atoms with Crippen LogP contribution in [0, 0.1) is 6.92 Å². The summed E-state index contributed by atoms with van der Waals surface area (Å²) in [4.78, 5) is 5.99. The highest BCUT2D eigenvalue weighted by Crippen LogP contribution is 2.30. The van der Waals surface area contributed by atoms with Gasteiger partial charge in [0.15, 0.2) is 0 Å². The Labute approximate surface area is 116 Å². The number of aromatic nitrogens is 1. The minimum atomic E-state index is 0.654. The van der Waals surface area contributed by atoms with Crippen molar-refractivity contribution in [1.29, 1.82) is 0 Å². The summed E-state index contributed by atoms with van der Waals surface area (Å²) in [7, 11) is 0. The first-order valence-corrected chi connectivity index (χ1v) is 7.25. The molecule has 0 amide bonds. The van der Waals surface area contributed by atoms with Crippen LogP contribution in [0.1, 0.15) is 10.6 Å². The maximum absolute atomic E-state index is 5.62. The second kappa shape index (κ2) is 5.11. The fourth-order valence-electron chi connectivity index (χ4n) is 2.24. The number of hydrogen-bond acceptors (Lipinski definition) is 3. The van der Waals surface area contributed by atoms with Crippen LogP contribution in [-0.2, 0) is 6.42 Å². The summed E-state index contributed by atoms with van der Waals surface area (Å²) < 4.78 is 0. The van der Waals surface area contributed by atoms with E-state index in [4.69, 9.17) is 10.7 Å². The zero-order valence-electron chi connectivity index (χ0n) is 10.9. The van der Waals surface area contributed by atoms with Crippen LogP contribution in [-0.4, -0.2) is 11.5 Å². The molecule has 3 aromatic rings. The first kappa shape index (κ1) is 12.3. The highest BCUT2D eigenvalue weighted by molar-refractivity contribution is 7.15. The Kier molecular flexibility index (Phi) is 3.32. The Morgan fingerprint density at radius 1 is 1.11 bits per heavy atom. The standard InChI is InChI=1S/C16H16N2S/c1-11-15(8-9-17)18-16(19-11)14-7-6-12-4-2-3-5-13(12)10-14/h2-7,10H,8-9,17H2,1H3. The Bertz CT molecular complexity index is 716. The topological polar surface area (TPSA) is 38.9 Å². The molecular formula is C16H16N2S. The molecule has 1 aromatic heterocycles. The van der Waals surface area contributed by atoms with Gasteiger partial charge in [-0.15, -0.1) is 11.3 Å². The van der Waals surface area contributed by atoms with Gasteiger partial charge in [-0.25, -0.2) is 4.98 Å². The van der Waals surface area contributed by atoms with E-state index in [1.165, 1.54) is 21.2 Å². The highest BCUT2D eigenvalue weighted by atomic mass is 32.1. The number of nitrogens with two attached hydrogens (primary N) is 1. The molecule has 0 unspecified atom stereocenters. The van der Waals surface area contributed by atoms with Crippen molar-refractivity contribution in [3.63, 3.8) is 0 Å². The summed E-state index contributed by atoms with van der Waals surface area (Å²) in [6.07, 6.45) is 0.857.